The number of methoxy groups -OCH3 is 2. The van der Waals surface area contributed by atoms with Gasteiger partial charge in [-0.2, -0.15) is 23.3 Å². The van der Waals surface area contributed by atoms with Gasteiger partial charge < -0.3 is 9.47 Å². The quantitative estimate of drug-likeness (QED) is 0.384. The van der Waals surface area contributed by atoms with Gasteiger partial charge in [0.15, 0.2) is 17.1 Å². The highest BCUT2D eigenvalue weighted by Gasteiger charge is 2.23. The van der Waals surface area contributed by atoms with Crippen LogP contribution in [0.2, 0.25) is 5.02 Å². The van der Waals surface area contributed by atoms with Crippen molar-refractivity contribution in [2.75, 3.05) is 14.2 Å². The zero-order valence-corrected chi connectivity index (χ0v) is 19.3. The van der Waals surface area contributed by atoms with E-state index in [4.69, 9.17) is 21.1 Å². The molecule has 0 fully saturated rings. The second-order valence-corrected chi connectivity index (χ2v) is 9.02. The molecule has 12 heteroatoms. The molecule has 0 saturated carbocycles. The molecule has 0 atom stereocenters. The fraction of sp³-hybridized carbons (Fsp3) is 0.143. The van der Waals surface area contributed by atoms with Gasteiger partial charge in [-0.1, -0.05) is 11.6 Å². The van der Waals surface area contributed by atoms with Gasteiger partial charge in [-0.25, -0.2) is 4.98 Å². The lowest BCUT2D eigenvalue weighted by molar-refractivity contribution is 0.355. The molecule has 0 spiro atoms. The number of ether oxygens (including phenoxy) is 2. The lowest BCUT2D eigenvalue weighted by Gasteiger charge is -2.08. The molecule has 4 rings (SSSR count). The van der Waals surface area contributed by atoms with Gasteiger partial charge in [0.2, 0.25) is 0 Å². The van der Waals surface area contributed by atoms with Crippen LogP contribution in [0.5, 0.6) is 11.5 Å². The molecule has 2 heterocycles. The van der Waals surface area contributed by atoms with Crippen LogP contribution >= 0.6 is 11.6 Å². The maximum absolute atomic E-state index is 13.0. The topological polar surface area (TPSA) is 118 Å². The Bertz CT molecular complexity index is 1540. The van der Waals surface area contributed by atoms with E-state index in [1.807, 2.05) is 0 Å². The van der Waals surface area contributed by atoms with Crippen LogP contribution in [0.3, 0.4) is 0 Å². The summed E-state index contributed by atoms with van der Waals surface area (Å²) in [5.41, 5.74) is -0.00291. The van der Waals surface area contributed by atoms with Crippen LogP contribution in [-0.4, -0.2) is 47.7 Å². The summed E-state index contributed by atoms with van der Waals surface area (Å²) in [6.45, 7) is 1.54. The van der Waals surface area contributed by atoms with Crippen LogP contribution in [0.1, 0.15) is 11.4 Å². The number of aromatic nitrogens is 4. The van der Waals surface area contributed by atoms with Crippen LogP contribution in [0.15, 0.2) is 63.5 Å². The minimum atomic E-state index is -4.08. The van der Waals surface area contributed by atoms with Crippen molar-refractivity contribution in [1.29, 1.82) is 0 Å². The van der Waals surface area contributed by atoms with Crippen LogP contribution in [0, 0.1) is 6.92 Å². The van der Waals surface area contributed by atoms with Crippen molar-refractivity contribution in [3.05, 3.63) is 75.4 Å². The molecule has 0 aliphatic carbocycles. The standard InChI is InChI=1S/C21H18ClN5O5S/c1-13-25-20-17(12-24-27(20)33(29,30)16-7-5-15(22)6-8-16)21(28)26(13)23-11-14-4-9-18(31-2)19(10-14)32-3/h4-12H,1-3H3/b23-11+. The second kappa shape index (κ2) is 8.68. The molecular weight excluding hydrogens is 470 g/mol. The van der Waals surface area contributed by atoms with E-state index in [1.165, 1.54) is 44.7 Å². The molecule has 0 aliphatic rings. The number of benzene rings is 2. The molecule has 10 nitrogen and oxygen atoms in total. The maximum atomic E-state index is 13.0. The van der Waals surface area contributed by atoms with Gasteiger partial charge in [0, 0.05) is 5.02 Å². The Balaban J connectivity index is 1.77. The summed E-state index contributed by atoms with van der Waals surface area (Å²) in [7, 11) is -1.04. The number of hydrogen-bond acceptors (Lipinski definition) is 8. The summed E-state index contributed by atoms with van der Waals surface area (Å²) in [6.07, 6.45) is 2.61. The molecular formula is C21H18ClN5O5S. The zero-order valence-electron chi connectivity index (χ0n) is 17.8. The van der Waals surface area contributed by atoms with Crippen LogP contribution < -0.4 is 15.0 Å². The Morgan fingerprint density at radius 1 is 1.06 bits per heavy atom. The van der Waals surface area contributed by atoms with E-state index in [9.17, 15) is 13.2 Å². The predicted molar refractivity (Wildman–Crippen MR) is 123 cm³/mol. The smallest absolute Gasteiger partial charge is 0.285 e. The minimum absolute atomic E-state index is 0.00241. The van der Waals surface area contributed by atoms with Crippen LogP contribution in [-0.2, 0) is 10.0 Å². The molecule has 0 unspecified atom stereocenters. The van der Waals surface area contributed by atoms with Crippen molar-refractivity contribution in [3.63, 3.8) is 0 Å². The lowest BCUT2D eigenvalue weighted by Crippen LogP contribution is -2.22. The Morgan fingerprint density at radius 2 is 1.76 bits per heavy atom. The number of hydrogen-bond donors (Lipinski definition) is 0. The molecule has 0 aliphatic heterocycles. The third-order valence-electron chi connectivity index (χ3n) is 4.78. The molecule has 0 amide bonds. The van der Waals surface area contributed by atoms with Crippen molar-refractivity contribution in [2.45, 2.75) is 11.8 Å². The number of halogens is 1. The van der Waals surface area contributed by atoms with E-state index < -0.39 is 15.6 Å². The Labute approximate surface area is 193 Å². The van der Waals surface area contributed by atoms with Gasteiger partial charge in [0.25, 0.3) is 15.6 Å². The lowest BCUT2D eigenvalue weighted by atomic mass is 10.2. The summed E-state index contributed by atoms with van der Waals surface area (Å²) in [5.74, 6) is 1.24. The van der Waals surface area contributed by atoms with Crippen LogP contribution in [0.4, 0.5) is 0 Å². The van der Waals surface area contributed by atoms with Crippen molar-refractivity contribution in [3.8, 4) is 11.5 Å². The summed E-state index contributed by atoms with van der Waals surface area (Å²) in [5, 5.41) is 8.52. The largest absolute Gasteiger partial charge is 0.493 e. The predicted octanol–water partition coefficient (Wildman–Crippen LogP) is 2.69. The molecule has 0 saturated heterocycles. The van der Waals surface area contributed by atoms with E-state index in [2.05, 4.69) is 15.2 Å². The Morgan fingerprint density at radius 3 is 2.42 bits per heavy atom. The van der Waals surface area contributed by atoms with Gasteiger partial charge in [-0.05, 0) is 55.0 Å². The van der Waals surface area contributed by atoms with Crippen molar-refractivity contribution in [2.24, 2.45) is 5.10 Å². The molecule has 0 N–H and O–H groups in total. The first-order chi connectivity index (χ1) is 15.8. The van der Waals surface area contributed by atoms with Gasteiger partial charge in [0.05, 0.1) is 31.5 Å². The maximum Gasteiger partial charge on any atom is 0.285 e. The van der Waals surface area contributed by atoms with E-state index in [-0.39, 0.29) is 21.8 Å². The first-order valence-corrected chi connectivity index (χ1v) is 11.3. The highest BCUT2D eigenvalue weighted by atomic mass is 35.5. The summed E-state index contributed by atoms with van der Waals surface area (Å²) in [6, 6.07) is 10.8. The van der Waals surface area contributed by atoms with Crippen LogP contribution in [0.25, 0.3) is 11.0 Å². The molecule has 4 aromatic rings. The number of rotatable bonds is 6. The van der Waals surface area contributed by atoms with E-state index in [0.717, 1.165) is 15.0 Å². The normalized spacial score (nSPS) is 11.9. The van der Waals surface area contributed by atoms with Crippen molar-refractivity contribution >= 4 is 38.9 Å². The summed E-state index contributed by atoms with van der Waals surface area (Å²) < 4.78 is 38.3. The minimum Gasteiger partial charge on any atom is -0.493 e. The van der Waals surface area contributed by atoms with E-state index in [1.54, 1.807) is 25.1 Å². The number of nitrogens with zero attached hydrogens (tertiary/aromatic N) is 5. The van der Waals surface area contributed by atoms with Gasteiger partial charge in [-0.15, -0.1) is 4.09 Å². The Hall–Kier alpha value is -3.70. The highest BCUT2D eigenvalue weighted by molar-refractivity contribution is 7.90. The molecule has 0 bridgehead atoms. The molecule has 33 heavy (non-hydrogen) atoms. The first-order valence-electron chi connectivity index (χ1n) is 9.51. The van der Waals surface area contributed by atoms with Crippen molar-refractivity contribution < 1.29 is 17.9 Å². The van der Waals surface area contributed by atoms with E-state index >= 15 is 0 Å². The zero-order chi connectivity index (χ0) is 23.8. The molecule has 2 aromatic carbocycles. The number of aryl methyl sites for hydroxylation is 1. The average molecular weight is 488 g/mol. The Kier molecular flexibility index (Phi) is 5.91. The molecule has 2 aromatic heterocycles. The monoisotopic (exact) mass is 487 g/mol. The van der Waals surface area contributed by atoms with Gasteiger partial charge in [0.1, 0.15) is 11.2 Å². The fourth-order valence-corrected chi connectivity index (χ4v) is 4.46. The molecule has 0 radical (unpaired) electrons. The average Bonchev–Trinajstić information content (AvgIpc) is 3.23. The third kappa shape index (κ3) is 4.08. The third-order valence-corrected chi connectivity index (χ3v) is 6.62. The SMILES string of the molecule is COc1ccc(/C=N/n2c(C)nc3c(cnn3S(=O)(=O)c3ccc(Cl)cc3)c2=O)cc1OC. The van der Waals surface area contributed by atoms with Crippen molar-refractivity contribution in [1.82, 2.24) is 18.8 Å². The summed E-state index contributed by atoms with van der Waals surface area (Å²) >= 11 is 5.85. The molecule has 170 valence electrons. The first kappa shape index (κ1) is 22.5. The summed E-state index contributed by atoms with van der Waals surface area (Å²) in [4.78, 5) is 17.3. The van der Waals surface area contributed by atoms with Gasteiger partial charge in [-0.3, -0.25) is 4.79 Å². The number of fused-ring (bicyclic) bond motifs is 1. The fourth-order valence-electron chi connectivity index (χ4n) is 3.12. The van der Waals surface area contributed by atoms with Gasteiger partial charge >= 0.3 is 0 Å². The van der Waals surface area contributed by atoms with E-state index in [0.29, 0.717) is 22.1 Å². The highest BCUT2D eigenvalue weighted by Crippen LogP contribution is 2.27. The second-order valence-electron chi connectivity index (χ2n) is 6.82.